The number of halogens is 4. The molecule has 4 aliphatic rings. The van der Waals surface area contributed by atoms with Crippen LogP contribution in [0, 0.1) is 6.92 Å². The molecule has 282 valence electrons. The highest BCUT2D eigenvalue weighted by Crippen LogP contribution is 2.49. The molecule has 1 unspecified atom stereocenters. The van der Waals surface area contributed by atoms with Gasteiger partial charge < -0.3 is 24.2 Å². The van der Waals surface area contributed by atoms with Crippen LogP contribution in [0.5, 0.6) is 6.01 Å². The number of nitrogens with zero attached hydrogens (tertiary/aromatic N) is 8. The summed E-state index contributed by atoms with van der Waals surface area (Å²) >= 11 is 1.18. The van der Waals surface area contributed by atoms with Gasteiger partial charge >= 0.3 is 12.2 Å². The molecule has 4 fully saturated rings. The normalized spacial score (nSPS) is 27.3. The van der Waals surface area contributed by atoms with E-state index in [0.29, 0.717) is 70.8 Å². The van der Waals surface area contributed by atoms with E-state index in [0.717, 1.165) is 32.2 Å². The molecule has 0 radical (unpaired) electrons. The lowest BCUT2D eigenvalue weighted by Crippen LogP contribution is -2.43. The van der Waals surface area contributed by atoms with E-state index in [1.807, 2.05) is 4.90 Å². The third-order valence-electron chi connectivity index (χ3n) is 11.1. The molecule has 12 nitrogen and oxygen atoms in total. The van der Waals surface area contributed by atoms with Gasteiger partial charge in [-0.3, -0.25) is 4.90 Å². The van der Waals surface area contributed by atoms with Crippen LogP contribution in [0.15, 0.2) is 18.5 Å². The van der Waals surface area contributed by atoms with Crippen molar-refractivity contribution < 1.29 is 36.9 Å². The number of aromatic nitrogens is 6. The van der Waals surface area contributed by atoms with Crippen molar-refractivity contribution in [2.75, 3.05) is 57.5 Å². The number of rotatable bonds is 6. The molecule has 1 aromatic carbocycles. The molecule has 17 heteroatoms. The number of hydrogen-bond donors (Lipinski definition) is 1. The molecule has 4 atom stereocenters. The number of anilines is 1. The lowest BCUT2D eigenvalue weighted by Gasteiger charge is -2.31. The Hall–Kier alpha value is -3.77. The second-order valence-corrected chi connectivity index (χ2v) is 16.2. The number of hydrogen-bond acceptors (Lipinski definition) is 12. The number of alkyl halides is 4. The third-order valence-corrected chi connectivity index (χ3v) is 12.2. The number of aliphatic hydroxyl groups is 1. The van der Waals surface area contributed by atoms with Gasteiger partial charge in [0.2, 0.25) is 0 Å². The minimum atomic E-state index is -4.71. The van der Waals surface area contributed by atoms with Crippen LogP contribution in [0.3, 0.4) is 0 Å². The van der Waals surface area contributed by atoms with Gasteiger partial charge in [0, 0.05) is 42.5 Å². The van der Waals surface area contributed by atoms with Gasteiger partial charge in [-0.2, -0.15) is 33.3 Å². The van der Waals surface area contributed by atoms with Gasteiger partial charge in [-0.25, -0.2) is 9.07 Å². The molecule has 5 aromatic rings. The van der Waals surface area contributed by atoms with Gasteiger partial charge in [0.05, 0.1) is 58.9 Å². The third kappa shape index (κ3) is 6.08. The maximum Gasteiger partial charge on any atom is 0.417 e. The summed E-state index contributed by atoms with van der Waals surface area (Å²) < 4.78 is 80.0. The first kappa shape index (κ1) is 35.0. The van der Waals surface area contributed by atoms with Crippen LogP contribution in [0.2, 0.25) is 0 Å². The van der Waals surface area contributed by atoms with E-state index >= 15 is 13.2 Å². The summed E-state index contributed by atoms with van der Waals surface area (Å²) in [5, 5.41) is 25.7. The first-order valence-corrected chi connectivity index (χ1v) is 19.0. The Morgan fingerprint density at radius 3 is 2.79 bits per heavy atom. The zero-order valence-corrected chi connectivity index (χ0v) is 30.3. The molecule has 4 aromatic heterocycles. The molecule has 8 heterocycles. The van der Waals surface area contributed by atoms with Gasteiger partial charge in [-0.1, -0.05) is 0 Å². The first-order valence-electron chi connectivity index (χ1n) is 18.1. The smallest absolute Gasteiger partial charge is 0.417 e. The van der Waals surface area contributed by atoms with E-state index in [9.17, 15) is 9.50 Å². The topological polar surface area (TPSA) is 124 Å². The standard InChI is InChI=1S/C36H40F4N8O4S/c1-20-12-24-22(15-42-48(24)25-6-3-4-10-51-25)26(28(20)36(38,39)40)29-30-23(14-41-45-29)27-31(46-9-11-50-18-34(2,49)17-46)43-33(44-32(27)53-30)52-19-35-7-5-8-47(35)16-21(37)13-35/h12,14-15,21,25,49H,3-11,13,16-19H2,1-2H3/t21-,25?,34+,35+/m1/s1. The van der Waals surface area contributed by atoms with Crippen molar-refractivity contribution in [3.8, 4) is 17.3 Å². The van der Waals surface area contributed by atoms with Crippen LogP contribution in [-0.4, -0.2) is 110 Å². The Morgan fingerprint density at radius 2 is 1.98 bits per heavy atom. The van der Waals surface area contributed by atoms with Crippen LogP contribution >= 0.6 is 11.3 Å². The van der Waals surface area contributed by atoms with Gasteiger partial charge in [0.25, 0.3) is 0 Å². The van der Waals surface area contributed by atoms with E-state index in [1.165, 1.54) is 36.7 Å². The van der Waals surface area contributed by atoms with Gasteiger partial charge in [0.15, 0.2) is 6.23 Å². The Morgan fingerprint density at radius 1 is 1.11 bits per heavy atom. The first-order chi connectivity index (χ1) is 25.4. The van der Waals surface area contributed by atoms with E-state index < -0.39 is 35.3 Å². The van der Waals surface area contributed by atoms with Crippen molar-refractivity contribution in [2.24, 2.45) is 0 Å². The SMILES string of the molecule is Cc1cc2c(cnn2C2CCCCO2)c(-c2nncc3c2sc2nc(OC[C@@]45CCCN4C[C@H](F)C5)nc(N4CCOC[C@@](C)(O)C4)c23)c1C(F)(F)F. The summed E-state index contributed by atoms with van der Waals surface area (Å²) in [7, 11) is 0. The number of fused-ring (bicyclic) bond motifs is 5. The fourth-order valence-corrected chi connectivity index (χ4v) is 9.96. The highest BCUT2D eigenvalue weighted by molar-refractivity contribution is 7.26. The zero-order valence-electron chi connectivity index (χ0n) is 29.5. The number of ether oxygens (including phenoxy) is 3. The number of benzene rings is 1. The molecule has 0 aliphatic carbocycles. The van der Waals surface area contributed by atoms with Crippen molar-refractivity contribution in [2.45, 2.75) is 82.1 Å². The van der Waals surface area contributed by atoms with E-state index in [4.69, 9.17) is 24.2 Å². The van der Waals surface area contributed by atoms with Crippen LogP contribution in [0.25, 0.3) is 42.5 Å². The molecule has 0 saturated carbocycles. The fraction of sp³-hybridized carbons (Fsp3) is 0.583. The second-order valence-electron chi connectivity index (χ2n) is 15.2. The van der Waals surface area contributed by atoms with Gasteiger partial charge in [0.1, 0.15) is 34.7 Å². The predicted molar refractivity (Wildman–Crippen MR) is 190 cm³/mol. The molecule has 4 aliphatic heterocycles. The fourth-order valence-electron chi connectivity index (χ4n) is 8.84. The van der Waals surface area contributed by atoms with E-state index in [2.05, 4.69) is 20.2 Å². The molecule has 1 N–H and O–H groups in total. The van der Waals surface area contributed by atoms with Crippen LogP contribution in [0.1, 0.15) is 62.8 Å². The lowest BCUT2D eigenvalue weighted by molar-refractivity contribution is -0.137. The summed E-state index contributed by atoms with van der Waals surface area (Å²) in [5.41, 5.74) is -1.99. The maximum atomic E-state index is 15.1. The van der Waals surface area contributed by atoms with Crippen molar-refractivity contribution >= 4 is 48.4 Å². The molecule has 0 bridgehead atoms. The minimum Gasteiger partial charge on any atom is -0.461 e. The average Bonchev–Trinajstić information content (AvgIpc) is 3.85. The summed E-state index contributed by atoms with van der Waals surface area (Å²) in [6.07, 6.45) is 1.59. The summed E-state index contributed by atoms with van der Waals surface area (Å²) in [5.74, 6) is 0.434. The zero-order chi connectivity index (χ0) is 36.7. The predicted octanol–water partition coefficient (Wildman–Crippen LogP) is 6.22. The molecule has 9 rings (SSSR count). The molecule has 0 amide bonds. The van der Waals surface area contributed by atoms with E-state index in [-0.39, 0.29) is 48.0 Å². The van der Waals surface area contributed by atoms with Crippen LogP contribution < -0.4 is 9.64 Å². The van der Waals surface area contributed by atoms with Gasteiger partial charge in [-0.15, -0.1) is 16.4 Å². The molecule has 0 spiro atoms. The van der Waals surface area contributed by atoms with Crippen LogP contribution in [0.4, 0.5) is 23.4 Å². The van der Waals surface area contributed by atoms with Gasteiger partial charge in [-0.05, 0) is 64.1 Å². The maximum absolute atomic E-state index is 15.1. The number of aryl methyl sites for hydroxylation is 1. The van der Waals surface area contributed by atoms with Crippen molar-refractivity contribution in [3.63, 3.8) is 0 Å². The van der Waals surface area contributed by atoms with E-state index in [1.54, 1.807) is 11.6 Å². The quantitative estimate of drug-likeness (QED) is 0.199. The van der Waals surface area contributed by atoms with Crippen LogP contribution in [-0.2, 0) is 15.7 Å². The average molecular weight is 757 g/mol. The minimum absolute atomic E-state index is 0.0307. The number of β-amino-alcohol motifs (C(OH)–C–C–N with tert-alkyl or cyclic N) is 1. The molecular weight excluding hydrogens is 717 g/mol. The summed E-state index contributed by atoms with van der Waals surface area (Å²) in [6.45, 7) is 6.02. The number of thiophene rings is 1. The molecule has 4 saturated heterocycles. The lowest BCUT2D eigenvalue weighted by atomic mass is 9.94. The highest BCUT2D eigenvalue weighted by Gasteiger charge is 2.49. The Kier molecular flexibility index (Phi) is 8.53. The summed E-state index contributed by atoms with van der Waals surface area (Å²) in [4.78, 5) is 14.2. The summed E-state index contributed by atoms with van der Waals surface area (Å²) in [6, 6.07) is 1.59. The molecule has 53 heavy (non-hydrogen) atoms. The monoisotopic (exact) mass is 756 g/mol. The highest BCUT2D eigenvalue weighted by atomic mass is 32.1. The largest absolute Gasteiger partial charge is 0.461 e. The van der Waals surface area contributed by atoms with Crippen molar-refractivity contribution in [1.82, 2.24) is 34.8 Å². The Bertz CT molecular complexity index is 2210. The molecular formula is C36H40F4N8O4S. The van der Waals surface area contributed by atoms with Crippen molar-refractivity contribution in [1.29, 1.82) is 0 Å². The van der Waals surface area contributed by atoms with Crippen molar-refractivity contribution in [3.05, 3.63) is 29.6 Å². The second kappa shape index (κ2) is 12.9. The Labute approximate surface area is 306 Å². The Balaban J connectivity index is 1.23.